The Hall–Kier alpha value is -1.43. The maximum Gasteiger partial charge on any atom is 0.168 e. The third-order valence-corrected chi connectivity index (χ3v) is 4.03. The Bertz CT molecular complexity index is 720. The Labute approximate surface area is 126 Å². The van der Waals surface area contributed by atoms with E-state index in [1.807, 2.05) is 30.5 Å². The average molecular weight is 363 g/mol. The number of imidazole rings is 1. The number of aromatic nitrogens is 2. The molecule has 0 unspecified atom stereocenters. The van der Waals surface area contributed by atoms with Gasteiger partial charge in [-0.15, -0.1) is 0 Å². The lowest BCUT2D eigenvalue weighted by Crippen LogP contribution is -2.07. The number of hydrogen-bond donors (Lipinski definition) is 0. The molecule has 0 aliphatic carbocycles. The molecule has 0 radical (unpaired) electrons. The third kappa shape index (κ3) is 2.36. The van der Waals surface area contributed by atoms with Gasteiger partial charge in [-0.05, 0) is 18.2 Å². The van der Waals surface area contributed by atoms with E-state index in [4.69, 9.17) is 0 Å². The summed E-state index contributed by atoms with van der Waals surface area (Å²) >= 11 is 2.27. The second-order valence-corrected chi connectivity index (χ2v) is 6.16. The Balaban J connectivity index is 2.13. The monoisotopic (exact) mass is 363 g/mol. The summed E-state index contributed by atoms with van der Waals surface area (Å²) in [7, 11) is 0. The van der Waals surface area contributed by atoms with Crippen LogP contribution in [0.5, 0.6) is 0 Å². The SMILES string of the molecule is CC1(C)C=CC=C(c2nc3ccccc3n2I)N=C1. The molecule has 0 bridgehead atoms. The van der Waals surface area contributed by atoms with Crippen LogP contribution in [0.1, 0.15) is 19.7 Å². The second kappa shape index (κ2) is 4.59. The van der Waals surface area contributed by atoms with Crippen molar-refractivity contribution in [2.24, 2.45) is 10.4 Å². The van der Waals surface area contributed by atoms with E-state index in [2.05, 4.69) is 67.7 Å². The minimum atomic E-state index is -0.0135. The lowest BCUT2D eigenvalue weighted by atomic mass is 9.95. The minimum Gasteiger partial charge on any atom is -0.263 e. The summed E-state index contributed by atoms with van der Waals surface area (Å²) in [6.45, 7) is 4.27. The first-order valence-corrected chi connectivity index (χ1v) is 7.12. The maximum absolute atomic E-state index is 4.66. The van der Waals surface area contributed by atoms with Crippen LogP contribution >= 0.6 is 22.9 Å². The van der Waals surface area contributed by atoms with Gasteiger partial charge in [0, 0.05) is 11.6 Å². The van der Waals surface area contributed by atoms with Crippen molar-refractivity contribution in [1.29, 1.82) is 0 Å². The zero-order chi connectivity index (χ0) is 13.5. The van der Waals surface area contributed by atoms with Crippen LogP contribution < -0.4 is 0 Å². The van der Waals surface area contributed by atoms with Gasteiger partial charge in [0.15, 0.2) is 5.82 Å². The molecule has 0 saturated heterocycles. The number of benzene rings is 1. The first-order chi connectivity index (χ1) is 9.07. The van der Waals surface area contributed by atoms with Gasteiger partial charge < -0.3 is 0 Å². The van der Waals surface area contributed by atoms with Gasteiger partial charge in [0.25, 0.3) is 0 Å². The van der Waals surface area contributed by atoms with Crippen molar-refractivity contribution >= 4 is 45.8 Å². The van der Waals surface area contributed by atoms with Gasteiger partial charge in [0.2, 0.25) is 0 Å². The van der Waals surface area contributed by atoms with Crippen LogP contribution in [-0.4, -0.2) is 14.0 Å². The number of rotatable bonds is 1. The van der Waals surface area contributed by atoms with Gasteiger partial charge in [-0.1, -0.05) is 38.1 Å². The first kappa shape index (κ1) is 12.6. The van der Waals surface area contributed by atoms with Crippen LogP contribution in [0.25, 0.3) is 16.7 Å². The smallest absolute Gasteiger partial charge is 0.168 e. The zero-order valence-electron chi connectivity index (χ0n) is 10.8. The molecule has 1 aromatic carbocycles. The second-order valence-electron chi connectivity index (χ2n) is 5.20. The Morgan fingerprint density at radius 3 is 2.79 bits per heavy atom. The average Bonchev–Trinajstić information content (AvgIpc) is 2.60. The van der Waals surface area contributed by atoms with Crippen molar-refractivity contribution in [2.75, 3.05) is 0 Å². The summed E-state index contributed by atoms with van der Waals surface area (Å²) < 4.78 is 2.06. The number of para-hydroxylation sites is 2. The molecule has 0 fully saturated rings. The van der Waals surface area contributed by atoms with Gasteiger partial charge in [0.05, 0.1) is 33.9 Å². The quantitative estimate of drug-likeness (QED) is 0.697. The molecule has 1 aliphatic heterocycles. The molecule has 2 aromatic rings. The number of allylic oxidation sites excluding steroid dienone is 3. The van der Waals surface area contributed by atoms with E-state index >= 15 is 0 Å². The molecule has 0 N–H and O–H groups in total. The molecule has 1 aliphatic rings. The Morgan fingerprint density at radius 1 is 1.21 bits per heavy atom. The van der Waals surface area contributed by atoms with E-state index < -0.39 is 0 Å². The van der Waals surface area contributed by atoms with E-state index in [-0.39, 0.29) is 5.41 Å². The molecule has 1 aromatic heterocycles. The van der Waals surface area contributed by atoms with Crippen molar-refractivity contribution in [2.45, 2.75) is 13.8 Å². The summed E-state index contributed by atoms with van der Waals surface area (Å²) in [4.78, 5) is 9.25. The molecule has 0 atom stereocenters. The van der Waals surface area contributed by atoms with Crippen LogP contribution in [0, 0.1) is 5.41 Å². The molecule has 3 rings (SSSR count). The molecule has 0 spiro atoms. The molecule has 0 amide bonds. The summed E-state index contributed by atoms with van der Waals surface area (Å²) in [6.07, 6.45) is 8.18. The molecule has 4 heteroatoms. The van der Waals surface area contributed by atoms with E-state index in [0.717, 1.165) is 22.6 Å². The highest BCUT2D eigenvalue weighted by Gasteiger charge is 2.16. The third-order valence-electron chi connectivity index (χ3n) is 3.05. The molecule has 19 heavy (non-hydrogen) atoms. The molecule has 3 nitrogen and oxygen atoms in total. The van der Waals surface area contributed by atoms with Gasteiger partial charge in [-0.3, -0.25) is 7.77 Å². The highest BCUT2D eigenvalue weighted by atomic mass is 127. The van der Waals surface area contributed by atoms with Crippen molar-refractivity contribution in [1.82, 2.24) is 7.76 Å². The van der Waals surface area contributed by atoms with Crippen molar-refractivity contribution in [3.05, 3.63) is 48.3 Å². The Kier molecular flexibility index (Phi) is 3.05. The van der Waals surface area contributed by atoms with E-state index in [1.54, 1.807) is 0 Å². The number of nitrogens with zero attached hydrogens (tertiary/aromatic N) is 3. The van der Waals surface area contributed by atoms with E-state index in [9.17, 15) is 0 Å². The van der Waals surface area contributed by atoms with Crippen molar-refractivity contribution < 1.29 is 0 Å². The minimum absolute atomic E-state index is 0.0135. The van der Waals surface area contributed by atoms with Crippen molar-refractivity contribution in [3.63, 3.8) is 0 Å². The van der Waals surface area contributed by atoms with Crippen molar-refractivity contribution in [3.8, 4) is 0 Å². The summed E-state index contributed by atoms with van der Waals surface area (Å²) in [5.74, 6) is 0.889. The van der Waals surface area contributed by atoms with Crippen LogP contribution in [0.2, 0.25) is 0 Å². The fourth-order valence-electron chi connectivity index (χ4n) is 2.00. The summed E-state index contributed by atoms with van der Waals surface area (Å²) in [5.41, 5.74) is 2.99. The molecular weight excluding hydrogens is 349 g/mol. The highest BCUT2D eigenvalue weighted by Crippen LogP contribution is 2.27. The zero-order valence-corrected chi connectivity index (χ0v) is 13.0. The van der Waals surface area contributed by atoms with Gasteiger partial charge in [-0.25, -0.2) is 4.98 Å². The number of aliphatic imine (C=N–C) groups is 1. The standard InChI is InChI=1S/C15H14IN3/c1-15(2)9-5-7-12(17-10-15)14-18-11-6-3-4-8-13(11)19(14)16/h3-10H,1-2H3. The predicted molar refractivity (Wildman–Crippen MR) is 88.5 cm³/mol. The predicted octanol–water partition coefficient (Wildman–Crippen LogP) is 4.24. The van der Waals surface area contributed by atoms with Gasteiger partial charge in [0.1, 0.15) is 5.70 Å². The topological polar surface area (TPSA) is 30.2 Å². The van der Waals surface area contributed by atoms with E-state index in [0.29, 0.717) is 0 Å². The lowest BCUT2D eigenvalue weighted by molar-refractivity contribution is 0.695. The molecular formula is C15H14IN3. The van der Waals surface area contributed by atoms with Crippen LogP contribution in [0.4, 0.5) is 0 Å². The van der Waals surface area contributed by atoms with Gasteiger partial charge >= 0.3 is 0 Å². The number of hydrogen-bond acceptors (Lipinski definition) is 2. The summed E-state index contributed by atoms with van der Waals surface area (Å²) in [6, 6.07) is 8.12. The normalized spacial score (nSPS) is 17.5. The van der Waals surface area contributed by atoms with Crippen LogP contribution in [0.3, 0.4) is 0 Å². The number of halogens is 1. The molecule has 0 saturated carbocycles. The molecule has 2 heterocycles. The van der Waals surface area contributed by atoms with Crippen LogP contribution in [0.15, 0.2) is 47.5 Å². The lowest BCUT2D eigenvalue weighted by Gasteiger charge is -2.11. The first-order valence-electron chi connectivity index (χ1n) is 6.16. The Morgan fingerprint density at radius 2 is 2.00 bits per heavy atom. The highest BCUT2D eigenvalue weighted by molar-refractivity contribution is 14.1. The fraction of sp³-hybridized carbons (Fsp3) is 0.200. The summed E-state index contributed by atoms with van der Waals surface area (Å²) in [5, 5.41) is 0. The number of fused-ring (bicyclic) bond motifs is 1. The largest absolute Gasteiger partial charge is 0.263 e. The molecule has 96 valence electrons. The van der Waals surface area contributed by atoms with Crippen LogP contribution in [-0.2, 0) is 0 Å². The van der Waals surface area contributed by atoms with E-state index in [1.165, 1.54) is 0 Å². The fourth-order valence-corrected chi connectivity index (χ4v) is 2.76. The van der Waals surface area contributed by atoms with Gasteiger partial charge in [-0.2, -0.15) is 0 Å². The maximum atomic E-state index is 4.66.